The number of nitrogens with zero attached hydrogens (tertiary/aromatic N) is 1. The maximum atomic E-state index is 8.75. The van der Waals surface area contributed by atoms with E-state index in [0.29, 0.717) is 6.61 Å². The van der Waals surface area contributed by atoms with Crippen LogP contribution in [0.1, 0.15) is 30.4 Å². The van der Waals surface area contributed by atoms with Gasteiger partial charge in [0.15, 0.2) is 0 Å². The molecular weight excluding hydrogens is 224 g/mol. The van der Waals surface area contributed by atoms with Crippen LogP contribution in [0.25, 0.3) is 0 Å². The summed E-state index contributed by atoms with van der Waals surface area (Å²) >= 11 is 0. The van der Waals surface area contributed by atoms with Crippen LogP contribution >= 0.6 is 0 Å². The molecule has 0 fully saturated rings. The van der Waals surface area contributed by atoms with Gasteiger partial charge in [0.2, 0.25) is 0 Å². The van der Waals surface area contributed by atoms with Crippen molar-refractivity contribution in [2.24, 2.45) is 0 Å². The van der Waals surface area contributed by atoms with Crippen molar-refractivity contribution < 1.29 is 5.11 Å². The number of para-hydroxylation sites is 1. The molecule has 1 aromatic carbocycles. The molecule has 18 heavy (non-hydrogen) atoms. The van der Waals surface area contributed by atoms with Gasteiger partial charge in [0.25, 0.3) is 0 Å². The van der Waals surface area contributed by atoms with E-state index in [4.69, 9.17) is 5.11 Å². The van der Waals surface area contributed by atoms with Gasteiger partial charge in [-0.3, -0.25) is 0 Å². The smallest absolute Gasteiger partial charge is 0.0431 e. The summed E-state index contributed by atoms with van der Waals surface area (Å²) in [7, 11) is 2.17. The molecule has 0 bridgehead atoms. The molecule has 3 nitrogen and oxygen atoms in total. The summed E-state index contributed by atoms with van der Waals surface area (Å²) in [5, 5.41) is 12.2. The van der Waals surface area contributed by atoms with Gasteiger partial charge in [0, 0.05) is 25.4 Å². The van der Waals surface area contributed by atoms with Crippen LogP contribution in [-0.2, 0) is 13.0 Å². The summed E-state index contributed by atoms with van der Waals surface area (Å²) in [5.74, 6) is 0. The first kappa shape index (κ1) is 13.4. The molecule has 0 aliphatic carbocycles. The van der Waals surface area contributed by atoms with Crippen LogP contribution in [-0.4, -0.2) is 36.8 Å². The summed E-state index contributed by atoms with van der Waals surface area (Å²) in [6.45, 7) is 3.51. The molecule has 3 heteroatoms. The van der Waals surface area contributed by atoms with E-state index in [1.54, 1.807) is 0 Å². The summed E-state index contributed by atoms with van der Waals surface area (Å²) < 4.78 is 0. The Hall–Kier alpha value is -1.06. The lowest BCUT2D eigenvalue weighted by Gasteiger charge is -2.18. The second-order valence-corrected chi connectivity index (χ2v) is 5.15. The van der Waals surface area contributed by atoms with E-state index >= 15 is 0 Å². The van der Waals surface area contributed by atoms with Crippen molar-refractivity contribution in [1.82, 2.24) is 4.90 Å². The van der Waals surface area contributed by atoms with Gasteiger partial charge < -0.3 is 15.3 Å². The van der Waals surface area contributed by atoms with Crippen molar-refractivity contribution in [3.8, 4) is 0 Å². The maximum absolute atomic E-state index is 8.75. The van der Waals surface area contributed by atoms with Gasteiger partial charge in [-0.05, 0) is 50.4 Å². The van der Waals surface area contributed by atoms with Crippen molar-refractivity contribution in [2.75, 3.05) is 32.1 Å². The van der Waals surface area contributed by atoms with Crippen LogP contribution in [0.3, 0.4) is 0 Å². The fraction of sp³-hybridized carbons (Fsp3) is 0.600. The summed E-state index contributed by atoms with van der Waals surface area (Å²) in [5.41, 5.74) is 4.23. The van der Waals surface area contributed by atoms with E-state index in [1.807, 2.05) is 0 Å². The molecular formula is C15H24N2O. The topological polar surface area (TPSA) is 35.5 Å². The van der Waals surface area contributed by atoms with Crippen molar-refractivity contribution >= 4 is 5.69 Å². The van der Waals surface area contributed by atoms with Gasteiger partial charge in [-0.2, -0.15) is 0 Å². The van der Waals surface area contributed by atoms with Crippen LogP contribution in [0.4, 0.5) is 5.69 Å². The highest BCUT2D eigenvalue weighted by atomic mass is 16.2. The molecule has 0 saturated heterocycles. The number of aliphatic hydroxyl groups excluding tert-OH is 1. The molecule has 0 unspecified atom stereocenters. The third-order valence-electron chi connectivity index (χ3n) is 3.57. The van der Waals surface area contributed by atoms with Crippen molar-refractivity contribution in [2.45, 2.75) is 32.2 Å². The van der Waals surface area contributed by atoms with E-state index in [9.17, 15) is 0 Å². The molecule has 1 aromatic rings. The van der Waals surface area contributed by atoms with Gasteiger partial charge in [0.1, 0.15) is 0 Å². The molecule has 1 aliphatic rings. The van der Waals surface area contributed by atoms with Crippen LogP contribution < -0.4 is 5.32 Å². The number of rotatable bonds is 7. The number of benzene rings is 1. The molecule has 0 aromatic heterocycles. The minimum atomic E-state index is 0.319. The molecule has 1 aliphatic heterocycles. The third-order valence-corrected chi connectivity index (χ3v) is 3.57. The number of unbranched alkanes of at least 4 members (excludes halogenated alkanes) is 2. The van der Waals surface area contributed by atoms with Gasteiger partial charge in [0.05, 0.1) is 0 Å². The SMILES string of the molecule is CN(CCCCCO)Cc1cccc2c1NCC2. The number of anilines is 1. The lowest BCUT2D eigenvalue weighted by molar-refractivity contribution is 0.271. The predicted molar refractivity (Wildman–Crippen MR) is 75.9 cm³/mol. The van der Waals surface area contributed by atoms with E-state index in [1.165, 1.54) is 23.2 Å². The Kier molecular flexibility index (Phi) is 5.02. The molecule has 0 atom stereocenters. The predicted octanol–water partition coefficient (Wildman–Crippen LogP) is 2.25. The van der Waals surface area contributed by atoms with Crippen LogP contribution in [0.15, 0.2) is 18.2 Å². The summed E-state index contributed by atoms with van der Waals surface area (Å²) in [4.78, 5) is 2.37. The third kappa shape index (κ3) is 3.47. The van der Waals surface area contributed by atoms with Gasteiger partial charge >= 0.3 is 0 Å². The number of nitrogens with one attached hydrogen (secondary N) is 1. The van der Waals surface area contributed by atoms with E-state index in [-0.39, 0.29) is 0 Å². The minimum Gasteiger partial charge on any atom is -0.396 e. The first-order valence-electron chi connectivity index (χ1n) is 6.95. The lowest BCUT2D eigenvalue weighted by Crippen LogP contribution is -2.19. The Morgan fingerprint density at radius 1 is 1.28 bits per heavy atom. The fourth-order valence-electron chi connectivity index (χ4n) is 2.58. The lowest BCUT2D eigenvalue weighted by atomic mass is 10.1. The number of aliphatic hydroxyl groups is 1. The van der Waals surface area contributed by atoms with Gasteiger partial charge in [-0.1, -0.05) is 18.2 Å². The standard InChI is InChI=1S/C15H24N2O/c1-17(10-3-2-4-11-18)12-14-7-5-6-13-8-9-16-15(13)14/h5-7,16,18H,2-4,8-12H2,1H3. The average molecular weight is 248 g/mol. The first-order valence-corrected chi connectivity index (χ1v) is 6.95. The highest BCUT2D eigenvalue weighted by Crippen LogP contribution is 2.27. The Bertz CT molecular complexity index is 379. The molecule has 100 valence electrons. The second-order valence-electron chi connectivity index (χ2n) is 5.15. The Labute approximate surface area is 110 Å². The average Bonchev–Trinajstić information content (AvgIpc) is 2.84. The van der Waals surface area contributed by atoms with Crippen LogP contribution in [0, 0.1) is 0 Å². The molecule has 0 radical (unpaired) electrons. The zero-order valence-corrected chi connectivity index (χ0v) is 11.3. The van der Waals surface area contributed by atoms with Crippen LogP contribution in [0.5, 0.6) is 0 Å². The first-order chi connectivity index (χ1) is 8.81. The maximum Gasteiger partial charge on any atom is 0.0431 e. The van der Waals surface area contributed by atoms with Crippen molar-refractivity contribution in [1.29, 1.82) is 0 Å². The minimum absolute atomic E-state index is 0.319. The number of hydrogen-bond donors (Lipinski definition) is 2. The fourth-order valence-corrected chi connectivity index (χ4v) is 2.58. The normalized spacial score (nSPS) is 13.7. The van der Waals surface area contributed by atoms with E-state index in [2.05, 4.69) is 35.5 Å². The zero-order chi connectivity index (χ0) is 12.8. The molecule has 2 rings (SSSR count). The molecule has 0 saturated carbocycles. The van der Waals surface area contributed by atoms with Crippen LogP contribution in [0.2, 0.25) is 0 Å². The number of fused-ring (bicyclic) bond motifs is 1. The van der Waals surface area contributed by atoms with Crippen molar-refractivity contribution in [3.05, 3.63) is 29.3 Å². The second kappa shape index (κ2) is 6.76. The monoisotopic (exact) mass is 248 g/mol. The van der Waals surface area contributed by atoms with E-state index < -0.39 is 0 Å². The molecule has 0 spiro atoms. The Morgan fingerprint density at radius 2 is 2.17 bits per heavy atom. The summed E-state index contributed by atoms with van der Waals surface area (Å²) in [6, 6.07) is 6.61. The quantitative estimate of drug-likeness (QED) is 0.727. The molecule has 2 N–H and O–H groups in total. The van der Waals surface area contributed by atoms with Gasteiger partial charge in [-0.25, -0.2) is 0 Å². The highest BCUT2D eigenvalue weighted by Gasteiger charge is 2.14. The number of hydrogen-bond acceptors (Lipinski definition) is 3. The largest absolute Gasteiger partial charge is 0.396 e. The highest BCUT2D eigenvalue weighted by molar-refractivity contribution is 5.61. The van der Waals surface area contributed by atoms with E-state index in [0.717, 1.165) is 38.9 Å². The zero-order valence-electron chi connectivity index (χ0n) is 11.3. The Balaban J connectivity index is 1.84. The Morgan fingerprint density at radius 3 is 3.00 bits per heavy atom. The molecule has 1 heterocycles. The van der Waals surface area contributed by atoms with Gasteiger partial charge in [-0.15, -0.1) is 0 Å². The summed E-state index contributed by atoms with van der Waals surface area (Å²) in [6.07, 6.45) is 4.37. The van der Waals surface area contributed by atoms with Crippen molar-refractivity contribution in [3.63, 3.8) is 0 Å². The molecule has 0 amide bonds.